The number of ether oxygens (including phenoxy) is 3. The van der Waals surface area contributed by atoms with E-state index >= 15 is 0 Å². The minimum Gasteiger partial charge on any atom is -0.497 e. The van der Waals surface area contributed by atoms with Crippen LogP contribution in [0.3, 0.4) is 0 Å². The maximum Gasteiger partial charge on any atom is 0.330 e. The first-order chi connectivity index (χ1) is 9.15. The molecule has 0 saturated carbocycles. The SMILES string of the molecule is COC(=O)/C=C\[C@H](C)COCc1ccc(OC)cc1. The van der Waals surface area contributed by atoms with Gasteiger partial charge in [-0.2, -0.15) is 0 Å². The third kappa shape index (κ3) is 6.06. The zero-order chi connectivity index (χ0) is 14.1. The largest absolute Gasteiger partial charge is 0.497 e. The highest BCUT2D eigenvalue weighted by Crippen LogP contribution is 2.12. The van der Waals surface area contributed by atoms with Gasteiger partial charge in [0.15, 0.2) is 0 Å². The van der Waals surface area contributed by atoms with Gasteiger partial charge in [-0.05, 0) is 23.6 Å². The lowest BCUT2D eigenvalue weighted by atomic mass is 10.2. The van der Waals surface area contributed by atoms with Crippen LogP contribution in [0.4, 0.5) is 0 Å². The predicted octanol–water partition coefficient (Wildman–Crippen LogP) is 2.58. The number of hydrogen-bond acceptors (Lipinski definition) is 4. The van der Waals surface area contributed by atoms with E-state index in [1.165, 1.54) is 13.2 Å². The average molecular weight is 264 g/mol. The van der Waals surface area contributed by atoms with Crippen LogP contribution in [0.2, 0.25) is 0 Å². The van der Waals surface area contributed by atoms with Crippen molar-refractivity contribution in [3.8, 4) is 5.75 Å². The summed E-state index contributed by atoms with van der Waals surface area (Å²) in [6, 6.07) is 7.74. The van der Waals surface area contributed by atoms with Crippen molar-refractivity contribution in [2.75, 3.05) is 20.8 Å². The molecular weight excluding hydrogens is 244 g/mol. The fourth-order valence-electron chi connectivity index (χ4n) is 1.45. The van der Waals surface area contributed by atoms with Gasteiger partial charge in [-0.15, -0.1) is 0 Å². The summed E-state index contributed by atoms with van der Waals surface area (Å²) in [5.41, 5.74) is 1.09. The lowest BCUT2D eigenvalue weighted by molar-refractivity contribution is -0.134. The van der Waals surface area contributed by atoms with Crippen molar-refractivity contribution in [3.63, 3.8) is 0 Å². The van der Waals surface area contributed by atoms with Gasteiger partial charge in [0.2, 0.25) is 0 Å². The Morgan fingerprint density at radius 2 is 1.95 bits per heavy atom. The molecule has 19 heavy (non-hydrogen) atoms. The third-order valence-corrected chi connectivity index (χ3v) is 2.57. The smallest absolute Gasteiger partial charge is 0.330 e. The van der Waals surface area contributed by atoms with Crippen LogP contribution in [0.25, 0.3) is 0 Å². The van der Waals surface area contributed by atoms with Crippen LogP contribution in [-0.4, -0.2) is 26.8 Å². The summed E-state index contributed by atoms with van der Waals surface area (Å²) >= 11 is 0. The molecule has 1 aromatic rings. The molecule has 0 bridgehead atoms. The zero-order valence-corrected chi connectivity index (χ0v) is 11.6. The van der Waals surface area contributed by atoms with Gasteiger partial charge in [-0.25, -0.2) is 4.79 Å². The van der Waals surface area contributed by atoms with Crippen molar-refractivity contribution in [2.45, 2.75) is 13.5 Å². The van der Waals surface area contributed by atoms with Crippen LogP contribution >= 0.6 is 0 Å². The first kappa shape index (κ1) is 15.2. The van der Waals surface area contributed by atoms with Crippen molar-refractivity contribution in [1.82, 2.24) is 0 Å². The van der Waals surface area contributed by atoms with Gasteiger partial charge in [0, 0.05) is 6.08 Å². The van der Waals surface area contributed by atoms with Crippen molar-refractivity contribution in [3.05, 3.63) is 42.0 Å². The molecule has 0 aliphatic rings. The Morgan fingerprint density at radius 1 is 1.26 bits per heavy atom. The van der Waals surface area contributed by atoms with Crippen molar-refractivity contribution >= 4 is 5.97 Å². The Bertz CT molecular complexity index is 409. The predicted molar refractivity (Wildman–Crippen MR) is 73.0 cm³/mol. The van der Waals surface area contributed by atoms with Crippen LogP contribution in [0.15, 0.2) is 36.4 Å². The first-order valence-corrected chi connectivity index (χ1v) is 6.12. The number of benzene rings is 1. The minimum atomic E-state index is -0.345. The standard InChI is InChI=1S/C15H20O4/c1-12(4-9-15(16)18-3)10-19-11-13-5-7-14(17-2)8-6-13/h4-9,12H,10-11H2,1-3H3/b9-4-/t12-/m0/s1. The topological polar surface area (TPSA) is 44.8 Å². The Balaban J connectivity index is 2.29. The summed E-state index contributed by atoms with van der Waals surface area (Å²) in [4.78, 5) is 10.9. The van der Waals surface area contributed by atoms with Gasteiger partial charge in [0.05, 0.1) is 27.4 Å². The number of esters is 1. The summed E-state index contributed by atoms with van der Waals surface area (Å²) in [5.74, 6) is 0.650. The van der Waals surface area contributed by atoms with Gasteiger partial charge in [0.1, 0.15) is 5.75 Å². The van der Waals surface area contributed by atoms with E-state index in [-0.39, 0.29) is 11.9 Å². The number of methoxy groups -OCH3 is 2. The first-order valence-electron chi connectivity index (χ1n) is 6.12. The molecule has 0 N–H and O–H groups in total. The molecule has 0 aliphatic carbocycles. The molecule has 4 nitrogen and oxygen atoms in total. The molecule has 0 aliphatic heterocycles. The molecular formula is C15H20O4. The van der Waals surface area contributed by atoms with Crippen LogP contribution in [0, 0.1) is 5.92 Å². The number of carbonyl (C=O) groups excluding carboxylic acids is 1. The number of carbonyl (C=O) groups is 1. The van der Waals surface area contributed by atoms with Crippen molar-refractivity contribution in [1.29, 1.82) is 0 Å². The van der Waals surface area contributed by atoms with Crippen molar-refractivity contribution in [2.24, 2.45) is 5.92 Å². The van der Waals surface area contributed by atoms with E-state index in [0.29, 0.717) is 13.2 Å². The van der Waals surface area contributed by atoms with Gasteiger partial charge in [-0.3, -0.25) is 0 Å². The highest BCUT2D eigenvalue weighted by molar-refractivity contribution is 5.81. The Labute approximate surface area is 114 Å². The molecule has 0 saturated heterocycles. The second-order valence-corrected chi connectivity index (χ2v) is 4.22. The summed E-state index contributed by atoms with van der Waals surface area (Å²) in [6.07, 6.45) is 3.20. The van der Waals surface area contributed by atoms with E-state index in [4.69, 9.17) is 9.47 Å². The molecule has 1 aromatic carbocycles. The Kier molecular flexibility index (Phi) is 6.68. The lowest BCUT2D eigenvalue weighted by Gasteiger charge is -2.08. The summed E-state index contributed by atoms with van der Waals surface area (Å²) in [7, 11) is 3.00. The highest BCUT2D eigenvalue weighted by Gasteiger charge is 2.00. The molecule has 0 fully saturated rings. The summed E-state index contributed by atoms with van der Waals surface area (Å²) in [5, 5.41) is 0. The second kappa shape index (κ2) is 8.32. The molecule has 1 rings (SSSR count). The second-order valence-electron chi connectivity index (χ2n) is 4.22. The fourth-order valence-corrected chi connectivity index (χ4v) is 1.45. The molecule has 0 unspecified atom stereocenters. The van der Waals surface area contributed by atoms with Gasteiger partial charge >= 0.3 is 5.97 Å². The maximum atomic E-state index is 10.9. The van der Waals surface area contributed by atoms with Crippen LogP contribution in [0.1, 0.15) is 12.5 Å². The molecule has 4 heteroatoms. The highest BCUT2D eigenvalue weighted by atomic mass is 16.5. The van der Waals surface area contributed by atoms with Crippen LogP contribution in [-0.2, 0) is 20.9 Å². The fraction of sp³-hybridized carbons (Fsp3) is 0.400. The monoisotopic (exact) mass is 264 g/mol. The number of rotatable bonds is 7. The maximum absolute atomic E-state index is 10.9. The van der Waals surface area contributed by atoms with E-state index in [2.05, 4.69) is 4.74 Å². The van der Waals surface area contributed by atoms with Gasteiger partial charge in [0.25, 0.3) is 0 Å². The third-order valence-electron chi connectivity index (χ3n) is 2.57. The quantitative estimate of drug-likeness (QED) is 0.561. The molecule has 1 atom stereocenters. The molecule has 104 valence electrons. The zero-order valence-electron chi connectivity index (χ0n) is 11.6. The van der Waals surface area contributed by atoms with Crippen LogP contribution in [0.5, 0.6) is 5.75 Å². The Hall–Kier alpha value is -1.81. The molecule has 0 aromatic heterocycles. The number of hydrogen-bond donors (Lipinski definition) is 0. The minimum absolute atomic E-state index is 0.164. The molecule has 0 heterocycles. The van der Waals surface area contributed by atoms with Crippen molar-refractivity contribution < 1.29 is 19.0 Å². The van der Waals surface area contributed by atoms with E-state index in [1.54, 1.807) is 13.2 Å². The summed E-state index contributed by atoms with van der Waals surface area (Å²) < 4.78 is 15.2. The van der Waals surface area contributed by atoms with E-state index in [1.807, 2.05) is 31.2 Å². The Morgan fingerprint density at radius 3 is 2.53 bits per heavy atom. The average Bonchev–Trinajstić information content (AvgIpc) is 2.45. The van der Waals surface area contributed by atoms with E-state index < -0.39 is 0 Å². The van der Waals surface area contributed by atoms with Crippen LogP contribution < -0.4 is 4.74 Å². The van der Waals surface area contributed by atoms with Gasteiger partial charge in [-0.1, -0.05) is 25.1 Å². The summed E-state index contributed by atoms with van der Waals surface area (Å²) in [6.45, 7) is 3.08. The molecule has 0 spiro atoms. The van der Waals surface area contributed by atoms with E-state index in [0.717, 1.165) is 11.3 Å². The molecule has 0 amide bonds. The van der Waals surface area contributed by atoms with Gasteiger partial charge < -0.3 is 14.2 Å². The van der Waals surface area contributed by atoms with E-state index in [9.17, 15) is 4.79 Å². The normalized spacial score (nSPS) is 12.4. The lowest BCUT2D eigenvalue weighted by Crippen LogP contribution is -2.04. The molecule has 0 radical (unpaired) electrons.